The Balaban J connectivity index is 1.81. The normalized spacial score (nSPS) is 11.0. The van der Waals surface area contributed by atoms with Gasteiger partial charge in [-0.25, -0.2) is 4.98 Å². The number of thiazole rings is 1. The molecule has 0 radical (unpaired) electrons. The molecule has 18 heavy (non-hydrogen) atoms. The molecule has 3 aromatic rings. The summed E-state index contributed by atoms with van der Waals surface area (Å²) >= 11 is 12.8. The average molecular weight is 360 g/mol. The van der Waals surface area contributed by atoms with Crippen molar-refractivity contribution in [3.63, 3.8) is 0 Å². The molecule has 2 nitrogen and oxygen atoms in total. The summed E-state index contributed by atoms with van der Waals surface area (Å²) in [7, 11) is 0. The Morgan fingerprint density at radius 2 is 2.22 bits per heavy atom. The van der Waals surface area contributed by atoms with Gasteiger partial charge in [-0.1, -0.05) is 22.9 Å². The number of hydrogen-bond acceptors (Lipinski definition) is 4. The average Bonchev–Trinajstić information content (AvgIpc) is 2.92. The van der Waals surface area contributed by atoms with Crippen molar-refractivity contribution in [1.29, 1.82) is 0 Å². The van der Waals surface area contributed by atoms with Crippen molar-refractivity contribution in [3.05, 3.63) is 44.0 Å². The predicted molar refractivity (Wildman–Crippen MR) is 84.0 cm³/mol. The van der Waals surface area contributed by atoms with Crippen molar-refractivity contribution in [2.75, 3.05) is 5.32 Å². The lowest BCUT2D eigenvalue weighted by atomic mass is 10.3. The molecule has 0 amide bonds. The lowest BCUT2D eigenvalue weighted by molar-refractivity contribution is 1.17. The molecule has 0 atom stereocenters. The number of rotatable bonds is 3. The van der Waals surface area contributed by atoms with Crippen molar-refractivity contribution in [2.24, 2.45) is 0 Å². The van der Waals surface area contributed by atoms with E-state index in [9.17, 15) is 0 Å². The van der Waals surface area contributed by atoms with Crippen molar-refractivity contribution < 1.29 is 0 Å². The Hall–Kier alpha value is -0.620. The molecule has 0 aliphatic heterocycles. The van der Waals surface area contributed by atoms with E-state index in [1.165, 1.54) is 4.88 Å². The third kappa shape index (κ3) is 2.54. The van der Waals surface area contributed by atoms with Crippen molar-refractivity contribution >= 4 is 65.6 Å². The van der Waals surface area contributed by atoms with E-state index in [-0.39, 0.29) is 0 Å². The lowest BCUT2D eigenvalue weighted by Gasteiger charge is -1.99. The van der Waals surface area contributed by atoms with E-state index in [2.05, 4.69) is 37.7 Å². The molecule has 92 valence electrons. The van der Waals surface area contributed by atoms with Crippen LogP contribution < -0.4 is 5.32 Å². The van der Waals surface area contributed by atoms with Crippen LogP contribution in [0.25, 0.3) is 10.2 Å². The van der Waals surface area contributed by atoms with Crippen LogP contribution in [0, 0.1) is 0 Å². The van der Waals surface area contributed by atoms with Crippen LogP contribution in [-0.2, 0) is 6.54 Å². The second-order valence-corrected chi connectivity index (χ2v) is 7.00. The van der Waals surface area contributed by atoms with Crippen LogP contribution in [0.4, 0.5) is 5.13 Å². The molecule has 0 aliphatic carbocycles. The number of nitrogens with one attached hydrogen (secondary N) is 1. The summed E-state index contributed by atoms with van der Waals surface area (Å²) in [6.45, 7) is 0.784. The molecule has 1 N–H and O–H groups in total. The smallest absolute Gasteiger partial charge is 0.184 e. The molecule has 2 heterocycles. The van der Waals surface area contributed by atoms with Gasteiger partial charge in [-0.2, -0.15) is 0 Å². The van der Waals surface area contributed by atoms with Gasteiger partial charge in [-0.05, 0) is 45.6 Å². The van der Waals surface area contributed by atoms with Crippen LogP contribution in [0.2, 0.25) is 5.02 Å². The molecule has 0 bridgehead atoms. The van der Waals surface area contributed by atoms with E-state index in [0.29, 0.717) is 0 Å². The van der Waals surface area contributed by atoms with Crippen molar-refractivity contribution in [2.45, 2.75) is 6.54 Å². The summed E-state index contributed by atoms with van der Waals surface area (Å²) in [6.07, 6.45) is 0. The molecule has 0 spiro atoms. The quantitative estimate of drug-likeness (QED) is 0.678. The highest BCUT2D eigenvalue weighted by Crippen LogP contribution is 2.29. The van der Waals surface area contributed by atoms with Gasteiger partial charge in [0.1, 0.15) is 0 Å². The van der Waals surface area contributed by atoms with E-state index in [0.717, 1.165) is 31.4 Å². The van der Waals surface area contributed by atoms with E-state index in [1.807, 2.05) is 18.2 Å². The van der Waals surface area contributed by atoms with Gasteiger partial charge in [0, 0.05) is 14.4 Å². The second kappa shape index (κ2) is 5.17. The first kappa shape index (κ1) is 12.4. The molecule has 0 unspecified atom stereocenters. The SMILES string of the molecule is Clc1ccc2nc(NCc3sccc3Br)sc2c1. The van der Waals surface area contributed by atoms with E-state index in [1.54, 1.807) is 22.7 Å². The zero-order valence-electron chi connectivity index (χ0n) is 9.11. The summed E-state index contributed by atoms with van der Waals surface area (Å²) in [5, 5.41) is 7.08. The molecule has 1 aromatic carbocycles. The fraction of sp³-hybridized carbons (Fsp3) is 0.0833. The fourth-order valence-electron chi connectivity index (χ4n) is 1.58. The minimum Gasteiger partial charge on any atom is -0.357 e. The molecule has 3 rings (SSSR count). The first-order chi connectivity index (χ1) is 8.72. The van der Waals surface area contributed by atoms with Gasteiger partial charge in [0.05, 0.1) is 16.8 Å². The highest BCUT2D eigenvalue weighted by atomic mass is 79.9. The number of thiophene rings is 1. The van der Waals surface area contributed by atoms with Crippen LogP contribution in [-0.4, -0.2) is 4.98 Å². The largest absolute Gasteiger partial charge is 0.357 e. The molecule has 0 fully saturated rings. The molecule has 2 aromatic heterocycles. The van der Waals surface area contributed by atoms with Crippen LogP contribution >= 0.6 is 50.2 Å². The first-order valence-corrected chi connectivity index (χ1v) is 8.11. The van der Waals surface area contributed by atoms with Gasteiger partial charge in [-0.3, -0.25) is 0 Å². The Labute approximate surface area is 126 Å². The topological polar surface area (TPSA) is 24.9 Å². The molecule has 0 aliphatic rings. The zero-order valence-corrected chi connectivity index (χ0v) is 13.1. The van der Waals surface area contributed by atoms with Crippen LogP contribution in [0.1, 0.15) is 4.88 Å². The van der Waals surface area contributed by atoms with Gasteiger partial charge in [0.2, 0.25) is 0 Å². The number of nitrogens with zero attached hydrogens (tertiary/aromatic N) is 1. The van der Waals surface area contributed by atoms with E-state index >= 15 is 0 Å². The number of benzene rings is 1. The molecular formula is C12H8BrClN2S2. The Kier molecular flexibility index (Phi) is 3.56. The maximum absolute atomic E-state index is 5.96. The number of fused-ring (bicyclic) bond motifs is 1. The summed E-state index contributed by atoms with van der Waals surface area (Å²) in [4.78, 5) is 5.79. The molecule has 0 saturated carbocycles. The number of hydrogen-bond donors (Lipinski definition) is 1. The molecule has 6 heteroatoms. The highest BCUT2D eigenvalue weighted by molar-refractivity contribution is 9.10. The maximum Gasteiger partial charge on any atom is 0.184 e. The number of aromatic nitrogens is 1. The summed E-state index contributed by atoms with van der Waals surface area (Å²) < 4.78 is 2.25. The summed E-state index contributed by atoms with van der Waals surface area (Å²) in [5.41, 5.74) is 0.983. The number of anilines is 1. The van der Waals surface area contributed by atoms with Gasteiger partial charge in [0.25, 0.3) is 0 Å². The first-order valence-electron chi connectivity index (χ1n) is 5.24. The fourth-order valence-corrected chi connectivity index (χ4v) is 4.15. The Bertz CT molecular complexity index is 692. The standard InChI is InChI=1S/C12H8BrClN2S2/c13-8-3-4-17-11(8)6-15-12-16-9-2-1-7(14)5-10(9)18-12/h1-5H,6H2,(H,15,16). The summed E-state index contributed by atoms with van der Waals surface area (Å²) in [6, 6.07) is 7.81. The van der Waals surface area contributed by atoms with Crippen LogP contribution in [0.3, 0.4) is 0 Å². The minimum atomic E-state index is 0.749. The monoisotopic (exact) mass is 358 g/mol. The van der Waals surface area contributed by atoms with Crippen molar-refractivity contribution in [3.8, 4) is 0 Å². The van der Waals surface area contributed by atoms with Gasteiger partial charge in [0.15, 0.2) is 5.13 Å². The van der Waals surface area contributed by atoms with Gasteiger partial charge < -0.3 is 5.32 Å². The van der Waals surface area contributed by atoms with Gasteiger partial charge in [-0.15, -0.1) is 11.3 Å². The number of halogens is 2. The van der Waals surface area contributed by atoms with E-state index in [4.69, 9.17) is 11.6 Å². The molecular weight excluding hydrogens is 352 g/mol. The lowest BCUT2D eigenvalue weighted by Crippen LogP contribution is -1.96. The Morgan fingerprint density at radius 1 is 1.33 bits per heavy atom. The van der Waals surface area contributed by atoms with Crippen molar-refractivity contribution in [1.82, 2.24) is 4.98 Å². The minimum absolute atomic E-state index is 0.749. The van der Waals surface area contributed by atoms with E-state index < -0.39 is 0 Å². The Morgan fingerprint density at radius 3 is 3.00 bits per heavy atom. The summed E-state index contributed by atoms with van der Waals surface area (Å²) in [5.74, 6) is 0. The molecule has 0 saturated heterocycles. The zero-order chi connectivity index (χ0) is 12.5. The third-order valence-corrected chi connectivity index (χ3v) is 5.58. The van der Waals surface area contributed by atoms with Gasteiger partial charge >= 0.3 is 0 Å². The predicted octanol–water partition coefficient (Wildman–Crippen LogP) is 5.39. The second-order valence-electron chi connectivity index (χ2n) is 3.68. The third-order valence-electron chi connectivity index (χ3n) is 2.44. The highest BCUT2D eigenvalue weighted by Gasteiger charge is 2.06. The van der Waals surface area contributed by atoms with Crippen LogP contribution in [0.15, 0.2) is 34.1 Å². The van der Waals surface area contributed by atoms with Crippen LogP contribution in [0.5, 0.6) is 0 Å². The maximum atomic E-state index is 5.96.